The molecule has 17 heavy (non-hydrogen) atoms. The van der Waals surface area contributed by atoms with Gasteiger partial charge in [-0.1, -0.05) is 0 Å². The first-order chi connectivity index (χ1) is 8.08. The van der Waals surface area contributed by atoms with Crippen LogP contribution in [0.5, 0.6) is 5.88 Å². The standard InChI is InChI=1S/C11H12N2O3S/c1-7(2)16-10-8(3-4-9(14)15)13-5-6-17-11(13)12-10/h3-7H,1-2H3,(H,14,15). The summed E-state index contributed by atoms with van der Waals surface area (Å²) < 4.78 is 7.36. The molecule has 6 heteroatoms. The van der Waals surface area contributed by atoms with Crippen LogP contribution in [0.4, 0.5) is 0 Å². The SMILES string of the molecule is CC(C)Oc1nc2sccn2c1C=CC(=O)O. The van der Waals surface area contributed by atoms with Gasteiger partial charge in [0, 0.05) is 17.7 Å². The van der Waals surface area contributed by atoms with Crippen LogP contribution < -0.4 is 4.74 Å². The van der Waals surface area contributed by atoms with E-state index in [4.69, 9.17) is 9.84 Å². The lowest BCUT2D eigenvalue weighted by molar-refractivity contribution is -0.131. The van der Waals surface area contributed by atoms with Gasteiger partial charge < -0.3 is 9.84 Å². The maximum Gasteiger partial charge on any atom is 0.328 e. The van der Waals surface area contributed by atoms with E-state index in [1.54, 1.807) is 0 Å². The van der Waals surface area contributed by atoms with Gasteiger partial charge in [0.25, 0.3) is 0 Å². The monoisotopic (exact) mass is 252 g/mol. The largest absolute Gasteiger partial charge is 0.478 e. The molecule has 2 heterocycles. The summed E-state index contributed by atoms with van der Waals surface area (Å²) in [5, 5.41) is 10.5. The van der Waals surface area contributed by atoms with Crippen LogP contribution in [-0.2, 0) is 4.79 Å². The summed E-state index contributed by atoms with van der Waals surface area (Å²) in [4.78, 5) is 15.6. The average Bonchev–Trinajstić information content (AvgIpc) is 2.74. The van der Waals surface area contributed by atoms with Crippen molar-refractivity contribution < 1.29 is 14.6 Å². The van der Waals surface area contributed by atoms with E-state index in [1.165, 1.54) is 17.4 Å². The Bertz CT molecular complexity index is 568. The number of carboxylic acid groups (broad SMARTS) is 1. The summed E-state index contributed by atoms with van der Waals surface area (Å²) in [7, 11) is 0. The lowest BCUT2D eigenvalue weighted by atomic mass is 10.4. The van der Waals surface area contributed by atoms with Gasteiger partial charge in [-0.15, -0.1) is 11.3 Å². The lowest BCUT2D eigenvalue weighted by Crippen LogP contribution is -2.06. The fourth-order valence-corrected chi connectivity index (χ4v) is 2.11. The highest BCUT2D eigenvalue weighted by Gasteiger charge is 2.13. The zero-order valence-corrected chi connectivity index (χ0v) is 10.3. The van der Waals surface area contributed by atoms with E-state index >= 15 is 0 Å². The Balaban J connectivity index is 2.46. The molecule has 1 N–H and O–H groups in total. The Hall–Kier alpha value is -1.82. The number of aliphatic carboxylic acids is 1. The quantitative estimate of drug-likeness (QED) is 0.848. The lowest BCUT2D eigenvalue weighted by Gasteiger charge is -2.06. The molecule has 0 fully saturated rings. The molecular formula is C11H12N2O3S. The Kier molecular flexibility index (Phi) is 3.14. The van der Waals surface area contributed by atoms with Gasteiger partial charge in [-0.2, -0.15) is 4.98 Å². The molecule has 0 aromatic carbocycles. The third kappa shape index (κ3) is 2.47. The molecule has 0 radical (unpaired) electrons. The Morgan fingerprint density at radius 3 is 3.06 bits per heavy atom. The number of fused-ring (bicyclic) bond motifs is 1. The second kappa shape index (κ2) is 4.58. The van der Waals surface area contributed by atoms with Gasteiger partial charge in [-0.25, -0.2) is 4.79 Å². The number of carboxylic acids is 1. The second-order valence-corrected chi connectivity index (χ2v) is 4.57. The second-order valence-electron chi connectivity index (χ2n) is 3.70. The van der Waals surface area contributed by atoms with Crippen LogP contribution in [0, 0.1) is 0 Å². The van der Waals surface area contributed by atoms with Crippen LogP contribution in [0.25, 0.3) is 11.0 Å². The minimum atomic E-state index is -0.995. The van der Waals surface area contributed by atoms with Crippen LogP contribution >= 0.6 is 11.3 Å². The molecule has 0 saturated carbocycles. The van der Waals surface area contributed by atoms with Gasteiger partial charge in [-0.05, 0) is 19.9 Å². The van der Waals surface area contributed by atoms with Gasteiger partial charge in [0.15, 0.2) is 4.96 Å². The van der Waals surface area contributed by atoms with Crippen LogP contribution in [0.1, 0.15) is 19.5 Å². The van der Waals surface area contributed by atoms with Gasteiger partial charge >= 0.3 is 5.97 Å². The minimum absolute atomic E-state index is 0.00316. The van der Waals surface area contributed by atoms with Gasteiger partial charge in [0.1, 0.15) is 5.69 Å². The number of ether oxygens (including phenoxy) is 1. The van der Waals surface area contributed by atoms with E-state index < -0.39 is 5.97 Å². The molecular weight excluding hydrogens is 240 g/mol. The van der Waals surface area contributed by atoms with E-state index in [0.29, 0.717) is 11.6 Å². The maximum absolute atomic E-state index is 10.5. The third-order valence-corrected chi connectivity index (χ3v) is 2.75. The van der Waals surface area contributed by atoms with E-state index in [9.17, 15) is 4.79 Å². The van der Waals surface area contributed by atoms with E-state index in [2.05, 4.69) is 4.98 Å². The van der Waals surface area contributed by atoms with Crippen molar-refractivity contribution in [3.63, 3.8) is 0 Å². The topological polar surface area (TPSA) is 63.8 Å². The molecule has 0 aliphatic carbocycles. The third-order valence-electron chi connectivity index (χ3n) is 2.00. The highest BCUT2D eigenvalue weighted by molar-refractivity contribution is 7.15. The van der Waals surface area contributed by atoms with Gasteiger partial charge in [0.05, 0.1) is 6.10 Å². The Morgan fingerprint density at radius 2 is 2.41 bits per heavy atom. The van der Waals surface area contributed by atoms with Gasteiger partial charge in [-0.3, -0.25) is 4.40 Å². The average molecular weight is 252 g/mol. The summed E-state index contributed by atoms with van der Waals surface area (Å²) in [6.07, 6.45) is 4.40. The Labute approximate surface area is 102 Å². The smallest absolute Gasteiger partial charge is 0.328 e. The molecule has 0 aliphatic heterocycles. The fraction of sp³-hybridized carbons (Fsp3) is 0.273. The Morgan fingerprint density at radius 1 is 1.65 bits per heavy atom. The zero-order valence-electron chi connectivity index (χ0n) is 9.45. The normalized spacial score (nSPS) is 11.7. The number of thiazole rings is 1. The summed E-state index contributed by atoms with van der Waals surface area (Å²) in [5.41, 5.74) is 0.650. The van der Waals surface area contributed by atoms with E-state index in [1.807, 2.05) is 29.8 Å². The van der Waals surface area contributed by atoms with Crippen LogP contribution in [0.3, 0.4) is 0 Å². The molecule has 0 aliphatic rings. The van der Waals surface area contributed by atoms with Crippen molar-refractivity contribution in [3.05, 3.63) is 23.3 Å². The number of nitrogens with zero attached hydrogens (tertiary/aromatic N) is 2. The van der Waals surface area contributed by atoms with Crippen molar-refractivity contribution in [2.45, 2.75) is 20.0 Å². The van der Waals surface area contributed by atoms with Crippen LogP contribution in [-0.4, -0.2) is 26.6 Å². The highest BCUT2D eigenvalue weighted by Crippen LogP contribution is 2.25. The highest BCUT2D eigenvalue weighted by atomic mass is 32.1. The maximum atomic E-state index is 10.5. The van der Waals surface area contributed by atoms with E-state index in [0.717, 1.165) is 11.0 Å². The molecule has 2 rings (SSSR count). The predicted octanol–water partition coefficient (Wildman–Crippen LogP) is 2.28. The number of hydrogen-bond acceptors (Lipinski definition) is 4. The fourth-order valence-electron chi connectivity index (χ4n) is 1.40. The molecule has 0 spiro atoms. The zero-order chi connectivity index (χ0) is 12.4. The first kappa shape index (κ1) is 11.7. The number of aromatic nitrogens is 2. The predicted molar refractivity (Wildman–Crippen MR) is 65.5 cm³/mol. The summed E-state index contributed by atoms with van der Waals surface area (Å²) in [5.74, 6) is -0.532. The van der Waals surface area contributed by atoms with Crippen molar-refractivity contribution in [2.75, 3.05) is 0 Å². The van der Waals surface area contributed by atoms with Crippen molar-refractivity contribution in [3.8, 4) is 5.88 Å². The molecule has 2 aromatic heterocycles. The summed E-state index contributed by atoms with van der Waals surface area (Å²) in [6, 6.07) is 0. The van der Waals surface area contributed by atoms with Crippen LogP contribution in [0.2, 0.25) is 0 Å². The summed E-state index contributed by atoms with van der Waals surface area (Å²) in [6.45, 7) is 3.80. The van der Waals surface area contributed by atoms with Crippen molar-refractivity contribution >= 4 is 28.3 Å². The molecule has 0 amide bonds. The van der Waals surface area contributed by atoms with Crippen LogP contribution in [0.15, 0.2) is 17.7 Å². The molecule has 0 atom stereocenters. The molecule has 2 aromatic rings. The first-order valence-electron chi connectivity index (χ1n) is 5.11. The van der Waals surface area contributed by atoms with E-state index in [-0.39, 0.29) is 6.10 Å². The number of rotatable bonds is 4. The molecule has 0 saturated heterocycles. The molecule has 90 valence electrons. The number of imidazole rings is 1. The minimum Gasteiger partial charge on any atom is -0.478 e. The molecule has 5 nitrogen and oxygen atoms in total. The van der Waals surface area contributed by atoms with Crippen molar-refractivity contribution in [1.29, 1.82) is 0 Å². The van der Waals surface area contributed by atoms with Gasteiger partial charge in [0.2, 0.25) is 5.88 Å². The van der Waals surface area contributed by atoms with Crippen molar-refractivity contribution in [2.24, 2.45) is 0 Å². The number of hydrogen-bond donors (Lipinski definition) is 1. The first-order valence-corrected chi connectivity index (χ1v) is 5.99. The molecule has 0 unspecified atom stereocenters. The van der Waals surface area contributed by atoms with Crippen molar-refractivity contribution in [1.82, 2.24) is 9.38 Å². The number of carbonyl (C=O) groups is 1. The summed E-state index contributed by atoms with van der Waals surface area (Å²) >= 11 is 1.47. The molecule has 0 bridgehead atoms.